The van der Waals surface area contributed by atoms with Crippen LogP contribution in [0.3, 0.4) is 0 Å². The SMILES string of the molecule is COc1cccc(OC(C)C(=O)Nc2cccc3cccnc23)c1. The molecule has 3 aromatic rings. The average Bonchev–Trinajstić information content (AvgIpc) is 2.62. The van der Waals surface area contributed by atoms with Crippen LogP contribution in [0, 0.1) is 0 Å². The monoisotopic (exact) mass is 322 g/mol. The van der Waals surface area contributed by atoms with E-state index in [-0.39, 0.29) is 5.91 Å². The van der Waals surface area contributed by atoms with E-state index in [1.807, 2.05) is 42.5 Å². The predicted octanol–water partition coefficient (Wildman–Crippen LogP) is 3.65. The zero-order valence-corrected chi connectivity index (χ0v) is 13.5. The van der Waals surface area contributed by atoms with E-state index in [2.05, 4.69) is 10.3 Å². The number of aromatic nitrogens is 1. The molecule has 1 N–H and O–H groups in total. The van der Waals surface area contributed by atoms with Crippen molar-refractivity contribution in [2.45, 2.75) is 13.0 Å². The fourth-order valence-electron chi connectivity index (χ4n) is 2.37. The van der Waals surface area contributed by atoms with Crippen LogP contribution in [0.2, 0.25) is 0 Å². The minimum absolute atomic E-state index is 0.240. The Bertz CT molecular complexity index is 859. The number of methoxy groups -OCH3 is 1. The maximum absolute atomic E-state index is 12.4. The van der Waals surface area contributed by atoms with E-state index < -0.39 is 6.10 Å². The number of benzene rings is 2. The number of hydrogen-bond donors (Lipinski definition) is 1. The van der Waals surface area contributed by atoms with E-state index in [1.165, 1.54) is 0 Å². The Morgan fingerprint density at radius 1 is 1.08 bits per heavy atom. The maximum Gasteiger partial charge on any atom is 0.265 e. The molecule has 1 atom stereocenters. The fourth-order valence-corrected chi connectivity index (χ4v) is 2.37. The van der Waals surface area contributed by atoms with Gasteiger partial charge in [0, 0.05) is 17.6 Å². The lowest BCUT2D eigenvalue weighted by Crippen LogP contribution is -2.30. The third kappa shape index (κ3) is 3.46. The van der Waals surface area contributed by atoms with E-state index in [4.69, 9.17) is 9.47 Å². The van der Waals surface area contributed by atoms with Gasteiger partial charge in [-0.15, -0.1) is 0 Å². The van der Waals surface area contributed by atoms with Crippen molar-refractivity contribution in [1.29, 1.82) is 0 Å². The highest BCUT2D eigenvalue weighted by Crippen LogP contribution is 2.22. The van der Waals surface area contributed by atoms with Crippen LogP contribution in [-0.4, -0.2) is 24.1 Å². The van der Waals surface area contributed by atoms with Gasteiger partial charge in [-0.05, 0) is 31.2 Å². The highest BCUT2D eigenvalue weighted by Gasteiger charge is 2.16. The number of carbonyl (C=O) groups excluding carboxylic acids is 1. The summed E-state index contributed by atoms with van der Waals surface area (Å²) in [5, 5.41) is 3.84. The molecule has 0 aliphatic heterocycles. The van der Waals surface area contributed by atoms with Crippen LogP contribution in [0.5, 0.6) is 11.5 Å². The maximum atomic E-state index is 12.4. The van der Waals surface area contributed by atoms with E-state index in [0.717, 1.165) is 10.9 Å². The van der Waals surface area contributed by atoms with Gasteiger partial charge in [0.25, 0.3) is 5.91 Å². The molecule has 2 aromatic carbocycles. The molecule has 3 rings (SSSR count). The quantitative estimate of drug-likeness (QED) is 0.779. The largest absolute Gasteiger partial charge is 0.497 e. The minimum atomic E-state index is -0.656. The molecule has 0 saturated heterocycles. The van der Waals surface area contributed by atoms with Crippen LogP contribution < -0.4 is 14.8 Å². The summed E-state index contributed by atoms with van der Waals surface area (Å²) in [5.41, 5.74) is 1.42. The second-order valence-electron chi connectivity index (χ2n) is 5.31. The summed E-state index contributed by atoms with van der Waals surface area (Å²) < 4.78 is 10.8. The normalized spacial score (nSPS) is 11.8. The summed E-state index contributed by atoms with van der Waals surface area (Å²) in [6.07, 6.45) is 1.05. The first-order chi connectivity index (χ1) is 11.7. The van der Waals surface area contributed by atoms with Gasteiger partial charge in [-0.2, -0.15) is 0 Å². The van der Waals surface area contributed by atoms with Gasteiger partial charge in [0.05, 0.1) is 18.3 Å². The second-order valence-corrected chi connectivity index (χ2v) is 5.31. The van der Waals surface area contributed by atoms with Gasteiger partial charge < -0.3 is 14.8 Å². The number of nitrogens with one attached hydrogen (secondary N) is 1. The summed E-state index contributed by atoms with van der Waals surface area (Å²) in [7, 11) is 1.59. The van der Waals surface area contributed by atoms with Crippen molar-refractivity contribution in [1.82, 2.24) is 4.98 Å². The average molecular weight is 322 g/mol. The van der Waals surface area contributed by atoms with Gasteiger partial charge in [-0.3, -0.25) is 9.78 Å². The number of carbonyl (C=O) groups is 1. The number of anilines is 1. The van der Waals surface area contributed by atoms with Gasteiger partial charge in [0.2, 0.25) is 0 Å². The molecule has 0 fully saturated rings. The number of ether oxygens (including phenoxy) is 2. The first-order valence-corrected chi connectivity index (χ1v) is 7.62. The Balaban J connectivity index is 1.73. The van der Waals surface area contributed by atoms with Crippen molar-refractivity contribution >= 4 is 22.5 Å². The highest BCUT2D eigenvalue weighted by atomic mass is 16.5. The molecule has 5 heteroatoms. The molecule has 0 aliphatic rings. The minimum Gasteiger partial charge on any atom is -0.497 e. The lowest BCUT2D eigenvalue weighted by Gasteiger charge is -2.16. The number of hydrogen-bond acceptors (Lipinski definition) is 4. The smallest absolute Gasteiger partial charge is 0.265 e. The van der Waals surface area contributed by atoms with Crippen molar-refractivity contribution in [2.24, 2.45) is 0 Å². The zero-order valence-electron chi connectivity index (χ0n) is 13.5. The van der Waals surface area contributed by atoms with Gasteiger partial charge in [-0.25, -0.2) is 0 Å². The first kappa shape index (κ1) is 15.8. The number of fused-ring (bicyclic) bond motifs is 1. The summed E-state index contributed by atoms with van der Waals surface area (Å²) in [4.78, 5) is 16.7. The number of amides is 1. The Morgan fingerprint density at radius 2 is 1.83 bits per heavy atom. The van der Waals surface area contributed by atoms with Crippen LogP contribution in [0.25, 0.3) is 10.9 Å². The first-order valence-electron chi connectivity index (χ1n) is 7.62. The molecule has 24 heavy (non-hydrogen) atoms. The van der Waals surface area contributed by atoms with Crippen molar-refractivity contribution in [2.75, 3.05) is 12.4 Å². The lowest BCUT2D eigenvalue weighted by molar-refractivity contribution is -0.122. The van der Waals surface area contributed by atoms with Crippen molar-refractivity contribution < 1.29 is 14.3 Å². The molecule has 0 aliphatic carbocycles. The summed E-state index contributed by atoms with van der Waals surface area (Å²) >= 11 is 0. The van der Waals surface area contributed by atoms with Crippen molar-refractivity contribution in [3.63, 3.8) is 0 Å². The summed E-state index contributed by atoms with van der Waals surface area (Å²) in [6.45, 7) is 1.70. The third-order valence-electron chi connectivity index (χ3n) is 3.61. The Kier molecular flexibility index (Phi) is 4.61. The van der Waals surface area contributed by atoms with E-state index >= 15 is 0 Å². The van der Waals surface area contributed by atoms with E-state index in [9.17, 15) is 4.79 Å². The van der Waals surface area contributed by atoms with Crippen LogP contribution in [-0.2, 0) is 4.79 Å². The van der Waals surface area contributed by atoms with E-state index in [0.29, 0.717) is 17.2 Å². The molecular formula is C19H18N2O3. The predicted molar refractivity (Wildman–Crippen MR) is 93.5 cm³/mol. The van der Waals surface area contributed by atoms with Gasteiger partial charge in [-0.1, -0.05) is 24.3 Å². The second kappa shape index (κ2) is 7.00. The zero-order chi connectivity index (χ0) is 16.9. The molecule has 0 bridgehead atoms. The molecular weight excluding hydrogens is 304 g/mol. The van der Waals surface area contributed by atoms with Gasteiger partial charge >= 0.3 is 0 Å². The molecule has 0 radical (unpaired) electrons. The molecule has 5 nitrogen and oxygen atoms in total. The number of rotatable bonds is 5. The Labute approximate surface area is 140 Å². The molecule has 1 heterocycles. The van der Waals surface area contributed by atoms with Crippen LogP contribution in [0.15, 0.2) is 60.8 Å². The fraction of sp³-hybridized carbons (Fsp3) is 0.158. The molecule has 1 amide bonds. The molecule has 0 saturated carbocycles. The summed E-state index contributed by atoms with van der Waals surface area (Å²) in [5.74, 6) is 1.02. The summed E-state index contributed by atoms with van der Waals surface area (Å²) in [6, 6.07) is 16.6. The lowest BCUT2D eigenvalue weighted by atomic mass is 10.2. The third-order valence-corrected chi connectivity index (χ3v) is 3.61. The Morgan fingerprint density at radius 3 is 2.67 bits per heavy atom. The highest BCUT2D eigenvalue weighted by molar-refractivity contribution is 6.01. The number of para-hydroxylation sites is 1. The van der Waals surface area contributed by atoms with Gasteiger partial charge in [0.1, 0.15) is 11.5 Å². The molecule has 1 aromatic heterocycles. The Hall–Kier alpha value is -3.08. The number of nitrogens with zero attached hydrogens (tertiary/aromatic N) is 1. The molecule has 1 unspecified atom stereocenters. The van der Waals surface area contributed by atoms with Crippen LogP contribution in [0.4, 0.5) is 5.69 Å². The number of pyridine rings is 1. The van der Waals surface area contributed by atoms with Crippen LogP contribution in [0.1, 0.15) is 6.92 Å². The van der Waals surface area contributed by atoms with Crippen molar-refractivity contribution in [3.8, 4) is 11.5 Å². The topological polar surface area (TPSA) is 60.5 Å². The van der Waals surface area contributed by atoms with Gasteiger partial charge in [0.15, 0.2) is 6.10 Å². The standard InChI is InChI=1S/C19H18N2O3/c1-13(24-16-9-4-8-15(12-16)23-2)19(22)21-17-10-3-6-14-7-5-11-20-18(14)17/h3-13H,1-2H3,(H,21,22). The van der Waals surface area contributed by atoms with Crippen molar-refractivity contribution in [3.05, 3.63) is 60.8 Å². The molecule has 122 valence electrons. The molecule has 0 spiro atoms. The van der Waals surface area contributed by atoms with E-state index in [1.54, 1.807) is 32.4 Å². The van der Waals surface area contributed by atoms with Crippen LogP contribution >= 0.6 is 0 Å².